The van der Waals surface area contributed by atoms with Gasteiger partial charge in [-0.1, -0.05) is 18.2 Å². The van der Waals surface area contributed by atoms with E-state index in [4.69, 9.17) is 4.42 Å². The van der Waals surface area contributed by atoms with E-state index in [1.54, 1.807) is 56.3 Å². The molecule has 0 spiro atoms. The minimum absolute atomic E-state index is 0.0337. The van der Waals surface area contributed by atoms with Crippen molar-refractivity contribution in [2.75, 3.05) is 0 Å². The molecule has 0 aliphatic rings. The predicted molar refractivity (Wildman–Crippen MR) is 109 cm³/mol. The topological polar surface area (TPSA) is 104 Å². The Morgan fingerprint density at radius 1 is 1.14 bits per heavy atom. The van der Waals surface area contributed by atoms with Crippen molar-refractivity contribution in [1.29, 1.82) is 0 Å². The maximum atomic E-state index is 12.7. The normalized spacial score (nSPS) is 11.4. The van der Waals surface area contributed by atoms with E-state index in [1.807, 2.05) is 6.07 Å². The van der Waals surface area contributed by atoms with E-state index in [0.29, 0.717) is 33.8 Å². The third kappa shape index (κ3) is 3.43. The lowest BCUT2D eigenvalue weighted by molar-refractivity contribution is -0.384. The van der Waals surface area contributed by atoms with E-state index >= 15 is 0 Å². The standard InChI is InChI=1S/C21H16N4O4/c1-13-7-9-17(19(11-13)25(27)28)20-10-8-15(29-20)12-22-24-14(2)23-18-6-4-3-5-16(18)21(24)26/h3-12H,1-2H3/b22-12+. The molecule has 4 aromatic rings. The van der Waals surface area contributed by atoms with Gasteiger partial charge in [-0.15, -0.1) is 0 Å². The molecule has 144 valence electrons. The molecule has 0 saturated heterocycles. The molecule has 0 saturated carbocycles. The molecule has 0 unspecified atom stereocenters. The van der Waals surface area contributed by atoms with Crippen LogP contribution in [0.1, 0.15) is 17.1 Å². The van der Waals surface area contributed by atoms with E-state index in [9.17, 15) is 14.9 Å². The second-order valence-corrected chi connectivity index (χ2v) is 6.52. The van der Waals surface area contributed by atoms with Gasteiger partial charge in [0.2, 0.25) is 0 Å². The van der Waals surface area contributed by atoms with Crippen LogP contribution in [0.4, 0.5) is 5.69 Å². The Labute approximate surface area is 164 Å². The van der Waals surface area contributed by atoms with Gasteiger partial charge in [0.1, 0.15) is 17.3 Å². The molecule has 4 rings (SSSR count). The van der Waals surface area contributed by atoms with Crippen molar-refractivity contribution in [2.24, 2.45) is 5.10 Å². The number of aryl methyl sites for hydroxylation is 2. The number of benzene rings is 2. The molecule has 0 amide bonds. The molecule has 8 heteroatoms. The Morgan fingerprint density at radius 3 is 2.72 bits per heavy atom. The van der Waals surface area contributed by atoms with Crippen molar-refractivity contribution in [2.45, 2.75) is 13.8 Å². The van der Waals surface area contributed by atoms with Crippen LogP contribution in [-0.4, -0.2) is 20.8 Å². The number of furan rings is 1. The van der Waals surface area contributed by atoms with E-state index in [0.717, 1.165) is 5.56 Å². The number of rotatable bonds is 4. The van der Waals surface area contributed by atoms with Gasteiger partial charge in [-0.3, -0.25) is 14.9 Å². The van der Waals surface area contributed by atoms with Crippen molar-refractivity contribution >= 4 is 22.8 Å². The van der Waals surface area contributed by atoms with Crippen molar-refractivity contribution in [1.82, 2.24) is 9.66 Å². The fourth-order valence-electron chi connectivity index (χ4n) is 3.05. The molecule has 0 atom stereocenters. The molecular weight excluding hydrogens is 372 g/mol. The quantitative estimate of drug-likeness (QED) is 0.298. The van der Waals surface area contributed by atoms with Crippen molar-refractivity contribution in [3.05, 3.63) is 92.2 Å². The average Bonchev–Trinajstić information content (AvgIpc) is 3.16. The molecule has 2 aromatic heterocycles. The predicted octanol–water partition coefficient (Wildman–Crippen LogP) is 4.06. The second-order valence-electron chi connectivity index (χ2n) is 6.52. The van der Waals surface area contributed by atoms with Gasteiger partial charge in [0.15, 0.2) is 0 Å². The first-order valence-electron chi connectivity index (χ1n) is 8.82. The van der Waals surface area contributed by atoms with Gasteiger partial charge in [-0.05, 0) is 49.7 Å². The highest BCUT2D eigenvalue weighted by Crippen LogP contribution is 2.31. The molecule has 2 heterocycles. The SMILES string of the molecule is Cc1ccc(-c2ccc(/C=N/n3c(C)nc4ccccc4c3=O)o2)c([N+](=O)[O-])c1. The average molecular weight is 388 g/mol. The zero-order valence-corrected chi connectivity index (χ0v) is 15.7. The third-order valence-corrected chi connectivity index (χ3v) is 4.46. The van der Waals surface area contributed by atoms with Crippen LogP contribution >= 0.6 is 0 Å². The van der Waals surface area contributed by atoms with Crippen LogP contribution in [0.2, 0.25) is 0 Å². The number of nitro groups is 1. The molecule has 0 N–H and O–H groups in total. The number of hydrogen-bond acceptors (Lipinski definition) is 6. The van der Waals surface area contributed by atoms with Crippen LogP contribution in [-0.2, 0) is 0 Å². The number of nitro benzene ring substituents is 1. The zero-order chi connectivity index (χ0) is 20.5. The summed E-state index contributed by atoms with van der Waals surface area (Å²) in [5.41, 5.74) is 1.45. The number of fused-ring (bicyclic) bond motifs is 1. The highest BCUT2D eigenvalue weighted by atomic mass is 16.6. The molecule has 0 aliphatic heterocycles. The van der Waals surface area contributed by atoms with Gasteiger partial charge >= 0.3 is 0 Å². The highest BCUT2D eigenvalue weighted by molar-refractivity contribution is 5.80. The van der Waals surface area contributed by atoms with Crippen LogP contribution < -0.4 is 5.56 Å². The largest absolute Gasteiger partial charge is 0.455 e. The van der Waals surface area contributed by atoms with Crippen molar-refractivity contribution in [3.63, 3.8) is 0 Å². The second kappa shape index (κ2) is 7.16. The third-order valence-electron chi connectivity index (χ3n) is 4.46. The summed E-state index contributed by atoms with van der Waals surface area (Å²) in [7, 11) is 0. The highest BCUT2D eigenvalue weighted by Gasteiger charge is 2.18. The molecule has 0 bridgehead atoms. The van der Waals surface area contributed by atoms with E-state index in [-0.39, 0.29) is 11.2 Å². The first-order valence-corrected chi connectivity index (χ1v) is 8.82. The number of aromatic nitrogens is 2. The van der Waals surface area contributed by atoms with Crippen LogP contribution in [0.25, 0.3) is 22.2 Å². The maximum Gasteiger partial charge on any atom is 0.282 e. The minimum atomic E-state index is -0.442. The molecule has 29 heavy (non-hydrogen) atoms. The van der Waals surface area contributed by atoms with Gasteiger partial charge in [0.05, 0.1) is 27.6 Å². The lowest BCUT2D eigenvalue weighted by Gasteiger charge is -2.04. The lowest BCUT2D eigenvalue weighted by Crippen LogP contribution is -2.20. The van der Waals surface area contributed by atoms with Gasteiger partial charge in [0.25, 0.3) is 11.2 Å². The van der Waals surface area contributed by atoms with Crippen LogP contribution in [0.3, 0.4) is 0 Å². The Bertz CT molecular complexity index is 1330. The molecule has 8 nitrogen and oxygen atoms in total. The zero-order valence-electron chi connectivity index (χ0n) is 15.7. The lowest BCUT2D eigenvalue weighted by atomic mass is 10.1. The summed E-state index contributed by atoms with van der Waals surface area (Å²) in [5, 5.41) is 16.0. The smallest absolute Gasteiger partial charge is 0.282 e. The van der Waals surface area contributed by atoms with E-state index < -0.39 is 4.92 Å². The molecule has 0 aliphatic carbocycles. The van der Waals surface area contributed by atoms with E-state index in [1.165, 1.54) is 17.0 Å². The Kier molecular flexibility index (Phi) is 4.52. The summed E-state index contributed by atoms with van der Waals surface area (Å²) in [6, 6.07) is 15.2. The van der Waals surface area contributed by atoms with Gasteiger partial charge in [-0.2, -0.15) is 9.78 Å². The van der Waals surface area contributed by atoms with E-state index in [2.05, 4.69) is 10.1 Å². The summed E-state index contributed by atoms with van der Waals surface area (Å²) < 4.78 is 6.89. The summed E-state index contributed by atoms with van der Waals surface area (Å²) in [6.45, 7) is 3.48. The Balaban J connectivity index is 1.71. The summed E-state index contributed by atoms with van der Waals surface area (Å²) in [5.74, 6) is 1.14. The van der Waals surface area contributed by atoms with Crippen LogP contribution in [0, 0.1) is 24.0 Å². The number of nitrogens with zero attached hydrogens (tertiary/aromatic N) is 4. The van der Waals surface area contributed by atoms with Crippen molar-refractivity contribution < 1.29 is 9.34 Å². The molecular formula is C21H16N4O4. The first-order chi connectivity index (χ1) is 13.9. The fraction of sp³-hybridized carbons (Fsp3) is 0.0952. The first kappa shape index (κ1) is 18.3. The van der Waals surface area contributed by atoms with Crippen LogP contribution in [0.15, 0.2) is 68.9 Å². The van der Waals surface area contributed by atoms with Gasteiger partial charge < -0.3 is 4.42 Å². The Hall–Kier alpha value is -4.07. The number of hydrogen-bond donors (Lipinski definition) is 0. The molecule has 0 fully saturated rings. The molecule has 2 aromatic carbocycles. The summed E-state index contributed by atoms with van der Waals surface area (Å²) in [6.07, 6.45) is 1.38. The monoisotopic (exact) mass is 388 g/mol. The fourth-order valence-corrected chi connectivity index (χ4v) is 3.05. The van der Waals surface area contributed by atoms with Gasteiger partial charge in [0, 0.05) is 6.07 Å². The van der Waals surface area contributed by atoms with Crippen molar-refractivity contribution in [3.8, 4) is 11.3 Å². The Morgan fingerprint density at radius 2 is 1.93 bits per heavy atom. The maximum absolute atomic E-state index is 12.7. The minimum Gasteiger partial charge on any atom is -0.455 e. The van der Waals surface area contributed by atoms with Crippen LogP contribution in [0.5, 0.6) is 0 Å². The number of para-hydroxylation sites is 1. The summed E-state index contributed by atoms with van der Waals surface area (Å²) in [4.78, 5) is 27.9. The van der Waals surface area contributed by atoms with Gasteiger partial charge in [-0.25, -0.2) is 4.98 Å². The molecule has 0 radical (unpaired) electrons. The summed E-state index contributed by atoms with van der Waals surface area (Å²) >= 11 is 0.